The molecule has 0 spiro atoms. The Hall–Kier alpha value is -7.10. The number of benzene rings is 9. The van der Waals surface area contributed by atoms with E-state index in [2.05, 4.69) is 189 Å². The van der Waals surface area contributed by atoms with Crippen molar-refractivity contribution in [3.05, 3.63) is 187 Å². The zero-order chi connectivity index (χ0) is 37.1. The van der Waals surface area contributed by atoms with E-state index in [4.69, 9.17) is 8.83 Å². The fraction of sp³-hybridized carbons (Fsp3) is 0.0566. The largest absolute Gasteiger partial charge is 0.456 e. The topological polar surface area (TPSA) is 29.5 Å². The molecule has 264 valence electrons. The van der Waals surface area contributed by atoms with Gasteiger partial charge in [-0.15, -0.1) is 0 Å². The second-order valence-corrected chi connectivity index (χ2v) is 15.6. The highest BCUT2D eigenvalue weighted by Gasteiger charge is 2.36. The van der Waals surface area contributed by atoms with Crippen molar-refractivity contribution in [2.45, 2.75) is 19.3 Å². The quantitative estimate of drug-likeness (QED) is 0.182. The van der Waals surface area contributed by atoms with Gasteiger partial charge in [-0.3, -0.25) is 0 Å². The summed E-state index contributed by atoms with van der Waals surface area (Å²) < 4.78 is 13.9. The Kier molecular flexibility index (Phi) is 6.40. The first-order valence-electron chi connectivity index (χ1n) is 19.3. The van der Waals surface area contributed by atoms with Crippen molar-refractivity contribution in [1.29, 1.82) is 0 Å². The van der Waals surface area contributed by atoms with Gasteiger partial charge >= 0.3 is 0 Å². The molecule has 56 heavy (non-hydrogen) atoms. The van der Waals surface area contributed by atoms with E-state index in [-0.39, 0.29) is 5.41 Å². The van der Waals surface area contributed by atoms with Gasteiger partial charge in [-0.1, -0.05) is 147 Å². The molecule has 0 bridgehead atoms. The van der Waals surface area contributed by atoms with Crippen molar-refractivity contribution < 1.29 is 8.83 Å². The van der Waals surface area contributed by atoms with Crippen LogP contribution in [0.2, 0.25) is 0 Å². The van der Waals surface area contributed by atoms with Gasteiger partial charge in [0.05, 0.1) is 16.8 Å². The molecule has 3 heteroatoms. The lowest BCUT2D eigenvalue weighted by Crippen LogP contribution is -2.16. The molecule has 11 aromatic rings. The van der Waals surface area contributed by atoms with Gasteiger partial charge < -0.3 is 13.7 Å². The van der Waals surface area contributed by atoms with Gasteiger partial charge in [0.15, 0.2) is 0 Å². The van der Waals surface area contributed by atoms with Crippen LogP contribution in [0.15, 0.2) is 185 Å². The summed E-state index contributed by atoms with van der Waals surface area (Å²) in [5.41, 5.74) is 14.0. The van der Waals surface area contributed by atoms with Crippen molar-refractivity contribution in [2.24, 2.45) is 0 Å². The van der Waals surface area contributed by atoms with Gasteiger partial charge in [0, 0.05) is 38.2 Å². The van der Waals surface area contributed by atoms with Crippen molar-refractivity contribution in [3.8, 4) is 22.3 Å². The minimum absolute atomic E-state index is 0.152. The number of hydrogen-bond donors (Lipinski definition) is 0. The minimum Gasteiger partial charge on any atom is -0.456 e. The van der Waals surface area contributed by atoms with Gasteiger partial charge in [-0.2, -0.15) is 0 Å². The van der Waals surface area contributed by atoms with E-state index in [1.807, 2.05) is 6.07 Å². The summed E-state index contributed by atoms with van der Waals surface area (Å²) in [5.74, 6) is 0. The highest BCUT2D eigenvalue weighted by Crippen LogP contribution is 2.53. The molecule has 1 aliphatic rings. The summed E-state index contributed by atoms with van der Waals surface area (Å²) in [5, 5.41) is 8.93. The Morgan fingerprint density at radius 2 is 1.04 bits per heavy atom. The molecule has 0 aliphatic heterocycles. The highest BCUT2D eigenvalue weighted by atomic mass is 16.3. The van der Waals surface area contributed by atoms with Crippen LogP contribution in [0.4, 0.5) is 17.1 Å². The zero-order valence-corrected chi connectivity index (χ0v) is 31.0. The highest BCUT2D eigenvalue weighted by molar-refractivity contribution is 6.27. The molecule has 1 aliphatic carbocycles. The summed E-state index contributed by atoms with van der Waals surface area (Å²) in [6.07, 6.45) is 0. The van der Waals surface area contributed by atoms with E-state index in [1.165, 1.54) is 43.8 Å². The summed E-state index contributed by atoms with van der Waals surface area (Å²) in [7, 11) is 0. The van der Waals surface area contributed by atoms with Crippen molar-refractivity contribution >= 4 is 82.5 Å². The van der Waals surface area contributed by atoms with Gasteiger partial charge in [-0.05, 0) is 86.4 Å². The predicted molar refractivity (Wildman–Crippen MR) is 234 cm³/mol. The number of rotatable bonds is 4. The van der Waals surface area contributed by atoms with E-state index in [0.29, 0.717) is 0 Å². The third-order valence-electron chi connectivity index (χ3n) is 12.2. The monoisotopic (exact) mass is 717 g/mol. The number of hydrogen-bond acceptors (Lipinski definition) is 3. The fourth-order valence-electron chi connectivity index (χ4n) is 9.68. The fourth-order valence-corrected chi connectivity index (χ4v) is 9.68. The minimum atomic E-state index is -0.152. The van der Waals surface area contributed by atoms with Gasteiger partial charge in [0.25, 0.3) is 0 Å². The van der Waals surface area contributed by atoms with Crippen LogP contribution in [0, 0.1) is 0 Å². The van der Waals surface area contributed by atoms with Crippen LogP contribution in [-0.2, 0) is 5.41 Å². The number of fused-ring (bicyclic) bond motifs is 11. The van der Waals surface area contributed by atoms with Crippen molar-refractivity contribution in [1.82, 2.24) is 0 Å². The van der Waals surface area contributed by atoms with Crippen LogP contribution in [0.3, 0.4) is 0 Å². The first kappa shape index (κ1) is 31.3. The maximum absolute atomic E-state index is 7.14. The summed E-state index contributed by atoms with van der Waals surface area (Å²) in [6.45, 7) is 4.70. The molecule has 0 N–H and O–H groups in total. The molecule has 12 rings (SSSR count). The van der Waals surface area contributed by atoms with Crippen LogP contribution in [0.25, 0.3) is 87.7 Å². The second-order valence-electron chi connectivity index (χ2n) is 15.6. The van der Waals surface area contributed by atoms with Crippen LogP contribution in [-0.4, -0.2) is 0 Å². The maximum Gasteiger partial charge on any atom is 0.144 e. The lowest BCUT2D eigenvalue weighted by molar-refractivity contribution is 0.660. The van der Waals surface area contributed by atoms with Gasteiger partial charge in [0.2, 0.25) is 0 Å². The van der Waals surface area contributed by atoms with E-state index in [1.54, 1.807) is 0 Å². The summed E-state index contributed by atoms with van der Waals surface area (Å²) in [6, 6.07) is 63.3. The summed E-state index contributed by atoms with van der Waals surface area (Å²) >= 11 is 0. The first-order valence-corrected chi connectivity index (χ1v) is 19.3. The lowest BCUT2D eigenvalue weighted by Gasteiger charge is -2.29. The molecule has 0 fully saturated rings. The number of anilines is 3. The van der Waals surface area contributed by atoms with Crippen molar-refractivity contribution in [2.75, 3.05) is 4.90 Å². The van der Waals surface area contributed by atoms with E-state index in [9.17, 15) is 0 Å². The van der Waals surface area contributed by atoms with E-state index in [0.717, 1.165) is 72.1 Å². The zero-order valence-electron chi connectivity index (χ0n) is 31.0. The molecule has 0 saturated heterocycles. The molecule has 2 aromatic heterocycles. The molecule has 0 radical (unpaired) electrons. The molecule has 0 amide bonds. The Balaban J connectivity index is 1.20. The smallest absolute Gasteiger partial charge is 0.144 e. The number of nitrogens with zero attached hydrogens (tertiary/aromatic N) is 1. The van der Waals surface area contributed by atoms with Crippen LogP contribution < -0.4 is 4.90 Å². The average Bonchev–Trinajstić information content (AvgIpc) is 3.88. The second kappa shape index (κ2) is 11.5. The van der Waals surface area contributed by atoms with Gasteiger partial charge in [-0.25, -0.2) is 0 Å². The normalized spacial score (nSPS) is 13.3. The van der Waals surface area contributed by atoms with E-state index < -0.39 is 0 Å². The molecular weight excluding hydrogens is 683 g/mol. The molecule has 9 aromatic carbocycles. The SMILES string of the molecule is CC1(C)c2ccccc2-c2ccc(N(c3cccc4ccccc34)c3cccc4oc5c(-c6cccc7ccccc67)c6c(cc5c34)oc3ccccc36)cc21. The molecule has 0 saturated carbocycles. The average molecular weight is 718 g/mol. The molecule has 0 atom stereocenters. The predicted octanol–water partition coefficient (Wildman–Crippen LogP) is 15.2. The van der Waals surface area contributed by atoms with Gasteiger partial charge in [0.1, 0.15) is 22.3 Å². The third kappa shape index (κ3) is 4.28. The first-order chi connectivity index (χ1) is 27.5. The molecular formula is C53H35NO2. The van der Waals surface area contributed by atoms with E-state index >= 15 is 0 Å². The lowest BCUT2D eigenvalue weighted by atomic mass is 9.82. The standard InChI is InChI=1S/C53H35NO2/c1-53(2)42-23-9-7-20-37(42)38-29-28-34(30-43(38)53)54(44-24-12-17-33-15-4-6-19-36(33)44)45-25-13-27-47-49(45)41-31-48-50(40-21-8-10-26-46(40)55-48)51(52(41)56-47)39-22-11-16-32-14-3-5-18-35(32)39/h3-31H,1-2H3. The maximum atomic E-state index is 7.14. The van der Waals surface area contributed by atoms with Crippen LogP contribution in [0.1, 0.15) is 25.0 Å². The molecule has 0 unspecified atom stereocenters. The Bertz CT molecular complexity index is 3410. The summed E-state index contributed by atoms with van der Waals surface area (Å²) in [4.78, 5) is 2.44. The number of furan rings is 2. The number of para-hydroxylation sites is 1. The Morgan fingerprint density at radius 1 is 0.411 bits per heavy atom. The van der Waals surface area contributed by atoms with Crippen LogP contribution >= 0.6 is 0 Å². The van der Waals surface area contributed by atoms with Crippen molar-refractivity contribution in [3.63, 3.8) is 0 Å². The van der Waals surface area contributed by atoms with Crippen LogP contribution in [0.5, 0.6) is 0 Å². The molecule has 2 heterocycles. The molecule has 3 nitrogen and oxygen atoms in total. The Labute approximate surface area is 323 Å². The third-order valence-corrected chi connectivity index (χ3v) is 12.2. The Morgan fingerprint density at radius 3 is 1.91 bits per heavy atom.